The lowest BCUT2D eigenvalue weighted by Crippen LogP contribution is -2.25. The molecular weight excluding hydrogens is 407 g/mol. The Labute approximate surface area is 177 Å². The number of hydrogen-bond donors (Lipinski definition) is 2. The summed E-state index contributed by atoms with van der Waals surface area (Å²) < 4.78 is 0. The molecule has 1 atom stereocenters. The van der Waals surface area contributed by atoms with E-state index in [0.29, 0.717) is 27.5 Å². The molecule has 0 amide bonds. The minimum Gasteiger partial charge on any atom is -0.340 e. The van der Waals surface area contributed by atoms with Crippen LogP contribution >= 0.6 is 23.2 Å². The second-order valence-electron chi connectivity index (χ2n) is 6.98. The van der Waals surface area contributed by atoms with Gasteiger partial charge in [-0.25, -0.2) is 4.98 Å². The first-order chi connectivity index (χ1) is 14.2. The Hall–Kier alpha value is -2.83. The van der Waals surface area contributed by atoms with E-state index in [1.165, 1.54) is 0 Å². The molecule has 1 aliphatic rings. The average Bonchev–Trinajstić information content (AvgIpc) is 3.40. The zero-order valence-electron chi connectivity index (χ0n) is 15.4. The van der Waals surface area contributed by atoms with Gasteiger partial charge in [-0.2, -0.15) is 9.97 Å². The second-order valence-corrected chi connectivity index (χ2v) is 7.83. The minimum atomic E-state index is 0.0715. The first-order valence-electron chi connectivity index (χ1n) is 9.44. The van der Waals surface area contributed by atoms with Crippen LogP contribution in [0.4, 0.5) is 17.5 Å². The normalized spacial score (nSPS) is 16.5. The van der Waals surface area contributed by atoms with E-state index in [2.05, 4.69) is 20.2 Å². The van der Waals surface area contributed by atoms with Gasteiger partial charge in [-0.3, -0.25) is 0 Å². The SMILES string of the molecule is Clc1ccc(Cl)c(C2CCCN2c2nc(Nc3ccccc3)c3[nH]cnc3n2)c1. The Balaban J connectivity index is 1.56. The minimum absolute atomic E-state index is 0.0715. The number of rotatable bonds is 4. The van der Waals surface area contributed by atoms with Crippen LogP contribution in [0, 0.1) is 0 Å². The van der Waals surface area contributed by atoms with Crippen LogP contribution in [0.1, 0.15) is 24.4 Å². The highest BCUT2D eigenvalue weighted by Gasteiger charge is 2.30. The van der Waals surface area contributed by atoms with Gasteiger partial charge in [0.05, 0.1) is 12.4 Å². The summed E-state index contributed by atoms with van der Waals surface area (Å²) in [5, 5.41) is 4.75. The van der Waals surface area contributed by atoms with Gasteiger partial charge in [-0.15, -0.1) is 0 Å². The summed E-state index contributed by atoms with van der Waals surface area (Å²) in [6, 6.07) is 15.6. The van der Waals surface area contributed by atoms with Crippen molar-refractivity contribution < 1.29 is 0 Å². The molecule has 6 nitrogen and oxygen atoms in total. The summed E-state index contributed by atoms with van der Waals surface area (Å²) in [6.07, 6.45) is 3.62. The highest BCUT2D eigenvalue weighted by Crippen LogP contribution is 2.39. The average molecular weight is 425 g/mol. The molecule has 0 bridgehead atoms. The number of anilines is 3. The molecule has 8 heteroatoms. The zero-order valence-corrected chi connectivity index (χ0v) is 17.0. The highest BCUT2D eigenvalue weighted by atomic mass is 35.5. The first kappa shape index (κ1) is 18.2. The molecule has 2 aromatic carbocycles. The Morgan fingerprint density at radius 1 is 1.07 bits per heavy atom. The molecule has 1 unspecified atom stereocenters. The second kappa shape index (κ2) is 7.54. The van der Waals surface area contributed by atoms with Crippen molar-refractivity contribution in [3.8, 4) is 0 Å². The molecule has 0 aliphatic carbocycles. The van der Waals surface area contributed by atoms with Crippen molar-refractivity contribution >= 4 is 51.8 Å². The molecule has 1 aliphatic heterocycles. The van der Waals surface area contributed by atoms with E-state index in [1.54, 1.807) is 12.4 Å². The van der Waals surface area contributed by atoms with Crippen molar-refractivity contribution in [2.24, 2.45) is 0 Å². The van der Waals surface area contributed by atoms with E-state index in [1.807, 2.05) is 42.5 Å². The topological polar surface area (TPSA) is 69.7 Å². The molecule has 2 aromatic heterocycles. The van der Waals surface area contributed by atoms with Crippen LogP contribution in [0.2, 0.25) is 10.0 Å². The number of aromatic amines is 1. The predicted octanol–water partition coefficient (Wildman–Crippen LogP) is 5.74. The van der Waals surface area contributed by atoms with E-state index >= 15 is 0 Å². The smallest absolute Gasteiger partial charge is 0.230 e. The van der Waals surface area contributed by atoms with Crippen LogP contribution in [0.3, 0.4) is 0 Å². The van der Waals surface area contributed by atoms with Crippen molar-refractivity contribution in [3.05, 3.63) is 70.5 Å². The molecule has 29 heavy (non-hydrogen) atoms. The molecule has 0 radical (unpaired) electrons. The fraction of sp³-hybridized carbons (Fsp3) is 0.190. The number of benzene rings is 2. The predicted molar refractivity (Wildman–Crippen MR) is 117 cm³/mol. The molecule has 1 saturated heterocycles. The van der Waals surface area contributed by atoms with Crippen LogP contribution in [0.15, 0.2) is 54.9 Å². The number of hydrogen-bond acceptors (Lipinski definition) is 5. The van der Waals surface area contributed by atoms with Gasteiger partial charge in [0.25, 0.3) is 0 Å². The summed E-state index contributed by atoms with van der Waals surface area (Å²) in [4.78, 5) is 19.2. The number of nitrogens with one attached hydrogen (secondary N) is 2. The third kappa shape index (κ3) is 3.50. The lowest BCUT2D eigenvalue weighted by atomic mass is 10.0. The summed E-state index contributed by atoms with van der Waals surface area (Å²) in [6.45, 7) is 0.841. The fourth-order valence-corrected chi connectivity index (χ4v) is 4.22. The van der Waals surface area contributed by atoms with Crippen LogP contribution in [-0.4, -0.2) is 26.5 Å². The molecule has 0 spiro atoms. The van der Waals surface area contributed by atoms with Crippen LogP contribution in [-0.2, 0) is 0 Å². The van der Waals surface area contributed by atoms with Gasteiger partial charge in [-0.1, -0.05) is 41.4 Å². The van der Waals surface area contributed by atoms with E-state index in [4.69, 9.17) is 33.2 Å². The Morgan fingerprint density at radius 3 is 2.79 bits per heavy atom. The maximum Gasteiger partial charge on any atom is 0.230 e. The van der Waals surface area contributed by atoms with Gasteiger partial charge in [0.2, 0.25) is 5.95 Å². The van der Waals surface area contributed by atoms with Crippen molar-refractivity contribution in [2.45, 2.75) is 18.9 Å². The fourth-order valence-electron chi connectivity index (χ4n) is 3.80. The van der Waals surface area contributed by atoms with Crippen LogP contribution in [0.25, 0.3) is 11.2 Å². The Morgan fingerprint density at radius 2 is 1.93 bits per heavy atom. The monoisotopic (exact) mass is 424 g/mol. The number of nitrogens with zero attached hydrogens (tertiary/aromatic N) is 4. The molecule has 4 aromatic rings. The van der Waals surface area contributed by atoms with Gasteiger partial charge in [0, 0.05) is 22.3 Å². The summed E-state index contributed by atoms with van der Waals surface area (Å²) in [7, 11) is 0. The quantitative estimate of drug-likeness (QED) is 0.436. The van der Waals surface area contributed by atoms with E-state index in [0.717, 1.165) is 36.2 Å². The van der Waals surface area contributed by atoms with Crippen LogP contribution in [0.5, 0.6) is 0 Å². The number of imidazole rings is 1. The van der Waals surface area contributed by atoms with Gasteiger partial charge < -0.3 is 15.2 Å². The van der Waals surface area contributed by atoms with Gasteiger partial charge >= 0.3 is 0 Å². The molecule has 3 heterocycles. The van der Waals surface area contributed by atoms with Crippen molar-refractivity contribution in [2.75, 3.05) is 16.8 Å². The van der Waals surface area contributed by atoms with E-state index in [9.17, 15) is 0 Å². The molecule has 146 valence electrons. The molecule has 1 fully saturated rings. The third-order valence-corrected chi connectivity index (χ3v) is 5.72. The van der Waals surface area contributed by atoms with Gasteiger partial charge in [0.15, 0.2) is 11.5 Å². The van der Waals surface area contributed by atoms with Crippen LogP contribution < -0.4 is 10.2 Å². The number of para-hydroxylation sites is 1. The van der Waals surface area contributed by atoms with Gasteiger partial charge in [0.1, 0.15) is 5.52 Å². The number of halogens is 2. The van der Waals surface area contributed by atoms with Crippen molar-refractivity contribution in [3.63, 3.8) is 0 Å². The first-order valence-corrected chi connectivity index (χ1v) is 10.2. The third-order valence-electron chi connectivity index (χ3n) is 5.14. The number of H-pyrrole nitrogens is 1. The van der Waals surface area contributed by atoms with E-state index < -0.39 is 0 Å². The Bertz CT molecular complexity index is 1160. The van der Waals surface area contributed by atoms with E-state index in [-0.39, 0.29) is 6.04 Å². The molecule has 5 rings (SSSR count). The highest BCUT2D eigenvalue weighted by molar-refractivity contribution is 6.33. The number of fused-ring (bicyclic) bond motifs is 1. The maximum atomic E-state index is 6.49. The lowest BCUT2D eigenvalue weighted by Gasteiger charge is -2.26. The molecule has 2 N–H and O–H groups in total. The maximum absolute atomic E-state index is 6.49. The summed E-state index contributed by atoms with van der Waals surface area (Å²) in [5.41, 5.74) is 3.34. The summed E-state index contributed by atoms with van der Waals surface area (Å²) >= 11 is 12.7. The largest absolute Gasteiger partial charge is 0.340 e. The standard InChI is InChI=1S/C21H18Cl2N6/c22-13-8-9-16(23)15(11-13)17-7-4-10-29(17)21-27-19-18(24-12-25-19)20(28-21)26-14-5-2-1-3-6-14/h1-3,5-6,8-9,11-12,17H,4,7,10H2,(H2,24,25,26,27,28). The van der Waals surface area contributed by atoms with Gasteiger partial charge in [-0.05, 0) is 48.7 Å². The zero-order chi connectivity index (χ0) is 19.8. The molecule has 0 saturated carbocycles. The lowest BCUT2D eigenvalue weighted by molar-refractivity contribution is 0.704. The summed E-state index contributed by atoms with van der Waals surface area (Å²) in [5.74, 6) is 1.32. The molecular formula is C21H18Cl2N6. The Kier molecular flexibility index (Phi) is 4.73. The number of aromatic nitrogens is 4. The van der Waals surface area contributed by atoms with Crippen molar-refractivity contribution in [1.29, 1.82) is 0 Å². The van der Waals surface area contributed by atoms with Crippen molar-refractivity contribution in [1.82, 2.24) is 19.9 Å².